The fourth-order valence-electron chi connectivity index (χ4n) is 0.680. The summed E-state index contributed by atoms with van der Waals surface area (Å²) in [6.45, 7) is 0. The first kappa shape index (κ1) is 11.7. The molecule has 0 saturated carbocycles. The molecule has 1 heterocycles. The lowest BCUT2D eigenvalue weighted by Gasteiger charge is -2.21. The Kier molecular flexibility index (Phi) is 4.15. The summed E-state index contributed by atoms with van der Waals surface area (Å²) in [6, 6.07) is 1.16. The molecular weight excluding hydrogens is 236 g/mol. The van der Waals surface area contributed by atoms with Crippen molar-refractivity contribution in [2.45, 2.75) is 5.97 Å². The highest BCUT2D eigenvalue weighted by molar-refractivity contribution is 7.32. The van der Waals surface area contributed by atoms with Crippen LogP contribution in [0, 0.1) is 0 Å². The van der Waals surface area contributed by atoms with Gasteiger partial charge in [0, 0.05) is 6.07 Å². The highest BCUT2D eigenvalue weighted by Gasteiger charge is 2.38. The van der Waals surface area contributed by atoms with Crippen LogP contribution in [0.1, 0.15) is 5.76 Å². The van der Waals surface area contributed by atoms with Gasteiger partial charge in [-0.3, -0.25) is 9.09 Å². The Morgan fingerprint density at radius 2 is 2.43 bits per heavy atom. The summed E-state index contributed by atoms with van der Waals surface area (Å²) in [6.07, 6.45) is 1.17. The first-order chi connectivity index (χ1) is 6.58. The Hall–Kier alpha value is -0.330. The van der Waals surface area contributed by atoms with Crippen LogP contribution in [0.3, 0.4) is 0 Å². The van der Waals surface area contributed by atoms with Crippen LogP contribution >= 0.6 is 17.3 Å². The van der Waals surface area contributed by atoms with Crippen LogP contribution in [0.4, 0.5) is 0 Å². The Morgan fingerprint density at radius 3 is 2.86 bits per heavy atom. The van der Waals surface area contributed by atoms with Gasteiger partial charge in [-0.25, -0.2) is 4.52 Å². The largest absolute Gasteiger partial charge is 0.358 e. The van der Waals surface area contributed by atoms with E-state index in [-0.39, 0.29) is 5.76 Å². The molecule has 80 valence electrons. The summed E-state index contributed by atoms with van der Waals surface area (Å²) in [7, 11) is -4.61. The predicted octanol–water partition coefficient (Wildman–Crippen LogP) is -0.307. The van der Waals surface area contributed by atoms with Crippen LogP contribution in [-0.4, -0.2) is 20.1 Å². The van der Waals surface area contributed by atoms with Gasteiger partial charge in [0.15, 0.2) is 9.03 Å². The van der Waals surface area contributed by atoms with Gasteiger partial charge in [-0.05, 0) is 0 Å². The summed E-state index contributed by atoms with van der Waals surface area (Å²) in [5.41, 5.74) is 0. The molecule has 1 aromatic heterocycles. The molecule has 0 saturated heterocycles. The number of hydrogen-bond acceptors (Lipinski definition) is 7. The van der Waals surface area contributed by atoms with Crippen molar-refractivity contribution in [3.63, 3.8) is 0 Å². The Bertz CT molecular complexity index is 303. The minimum absolute atomic E-state index is 0.341. The maximum atomic E-state index is 10.4. The minimum atomic E-state index is -3.46. The van der Waals surface area contributed by atoms with Crippen LogP contribution in [-0.2, 0) is 19.6 Å². The van der Waals surface area contributed by atoms with Crippen molar-refractivity contribution < 1.29 is 33.0 Å². The van der Waals surface area contributed by atoms with E-state index in [0.29, 0.717) is 0 Å². The molecule has 0 bridgehead atoms. The molecule has 0 amide bonds. The highest BCUT2D eigenvalue weighted by atomic mass is 31.1. The zero-order valence-corrected chi connectivity index (χ0v) is 8.58. The molecule has 0 aliphatic carbocycles. The molecule has 0 aliphatic rings. The second kappa shape index (κ2) is 4.95. The van der Waals surface area contributed by atoms with Gasteiger partial charge in [0.2, 0.25) is 5.76 Å². The fraction of sp³-hybridized carbons (Fsp3) is 0.250. The number of aliphatic hydroxyl groups is 1. The quantitative estimate of drug-likeness (QED) is 0.475. The Labute approximate surface area is 80.3 Å². The second-order valence-corrected chi connectivity index (χ2v) is 3.14. The molecule has 3 unspecified atom stereocenters. The summed E-state index contributed by atoms with van der Waals surface area (Å²) in [5, 5.41) is 12.7. The van der Waals surface area contributed by atoms with E-state index in [1.54, 1.807) is 0 Å². The van der Waals surface area contributed by atoms with E-state index >= 15 is 0 Å². The predicted molar refractivity (Wildman–Crippen MR) is 44.3 cm³/mol. The van der Waals surface area contributed by atoms with Gasteiger partial charge in [-0.1, -0.05) is 5.16 Å². The molecule has 3 N–H and O–H groups in total. The third-order valence-electron chi connectivity index (χ3n) is 1.16. The van der Waals surface area contributed by atoms with E-state index in [1.165, 1.54) is 6.20 Å². The van der Waals surface area contributed by atoms with Crippen LogP contribution in [0.15, 0.2) is 16.8 Å². The zero-order valence-electron chi connectivity index (χ0n) is 6.58. The number of rotatable bonds is 5. The molecule has 0 spiro atoms. The first-order valence-corrected chi connectivity index (χ1v) is 5.33. The molecule has 1 rings (SSSR count). The SMILES string of the molecule is O=[PH](O)OC(O)(OPO)c1ccno1. The normalized spacial score (nSPS) is 18.5. The molecule has 14 heavy (non-hydrogen) atoms. The summed E-state index contributed by atoms with van der Waals surface area (Å²) in [4.78, 5) is 16.9. The third kappa shape index (κ3) is 2.83. The molecule has 0 aliphatic heterocycles. The number of aromatic nitrogens is 1. The average molecular weight is 243 g/mol. The summed E-state index contributed by atoms with van der Waals surface area (Å²) in [5.74, 6) is -2.93. The monoisotopic (exact) mass is 243 g/mol. The topological polar surface area (TPSA) is 122 Å². The number of hydrogen-bond donors (Lipinski definition) is 3. The maximum absolute atomic E-state index is 10.4. The molecule has 10 heteroatoms. The average Bonchev–Trinajstić information content (AvgIpc) is 2.54. The van der Waals surface area contributed by atoms with E-state index < -0.39 is 23.3 Å². The molecule has 1 aromatic rings. The van der Waals surface area contributed by atoms with Crippen molar-refractivity contribution in [3.05, 3.63) is 18.0 Å². The molecule has 0 aromatic carbocycles. The van der Waals surface area contributed by atoms with Gasteiger partial charge in [0.1, 0.15) is 0 Å². The standard InChI is InChI=1S/C4H7NO7P2/c6-4(11-13-7,12-14(8)9)3-1-2-5-10-3/h1-2,6-7,13-14H,(H,8,9). The lowest BCUT2D eigenvalue weighted by atomic mass is 10.4. The van der Waals surface area contributed by atoms with E-state index in [4.69, 9.17) is 9.79 Å². The van der Waals surface area contributed by atoms with Crippen LogP contribution in [0.2, 0.25) is 0 Å². The van der Waals surface area contributed by atoms with Crippen LogP contribution in [0.5, 0.6) is 0 Å². The van der Waals surface area contributed by atoms with Gasteiger partial charge in [0.05, 0.1) is 6.20 Å². The number of nitrogens with zero attached hydrogens (tertiary/aromatic N) is 1. The van der Waals surface area contributed by atoms with Crippen molar-refractivity contribution >= 4 is 17.3 Å². The van der Waals surface area contributed by atoms with E-state index in [1.807, 2.05) is 0 Å². The van der Waals surface area contributed by atoms with Gasteiger partial charge in [0.25, 0.3) is 0 Å². The summed E-state index contributed by atoms with van der Waals surface area (Å²) >= 11 is 0. The Balaban J connectivity index is 2.86. The zero-order chi connectivity index (χ0) is 10.6. The van der Waals surface area contributed by atoms with Crippen molar-refractivity contribution in [2.75, 3.05) is 0 Å². The van der Waals surface area contributed by atoms with E-state index in [9.17, 15) is 9.67 Å². The molecule has 0 fully saturated rings. The van der Waals surface area contributed by atoms with E-state index in [2.05, 4.69) is 18.7 Å². The fourth-order valence-corrected chi connectivity index (χ4v) is 1.41. The van der Waals surface area contributed by atoms with Crippen LogP contribution < -0.4 is 0 Å². The maximum Gasteiger partial charge on any atom is 0.358 e. The smallest absolute Gasteiger partial charge is 0.353 e. The van der Waals surface area contributed by atoms with Crippen molar-refractivity contribution in [1.29, 1.82) is 0 Å². The van der Waals surface area contributed by atoms with Gasteiger partial charge in [-0.2, -0.15) is 0 Å². The van der Waals surface area contributed by atoms with Crippen molar-refractivity contribution in [1.82, 2.24) is 5.16 Å². The molecule has 3 atom stereocenters. The van der Waals surface area contributed by atoms with Gasteiger partial charge < -0.3 is 19.4 Å². The van der Waals surface area contributed by atoms with E-state index in [0.717, 1.165) is 6.07 Å². The third-order valence-corrected chi connectivity index (χ3v) is 1.98. The second-order valence-electron chi connectivity index (χ2n) is 2.02. The lowest BCUT2D eigenvalue weighted by molar-refractivity contribution is -0.293. The molecule has 8 nitrogen and oxygen atoms in total. The summed E-state index contributed by atoms with van der Waals surface area (Å²) < 4.78 is 23.3. The molecular formula is C4H7NO7P2. The van der Waals surface area contributed by atoms with Gasteiger partial charge >= 0.3 is 14.2 Å². The van der Waals surface area contributed by atoms with Crippen molar-refractivity contribution in [3.8, 4) is 0 Å². The minimum Gasteiger partial charge on any atom is -0.353 e. The van der Waals surface area contributed by atoms with Crippen molar-refractivity contribution in [2.24, 2.45) is 0 Å². The van der Waals surface area contributed by atoms with Crippen LogP contribution in [0.25, 0.3) is 0 Å². The Morgan fingerprint density at radius 1 is 1.71 bits per heavy atom. The first-order valence-electron chi connectivity index (χ1n) is 3.21. The lowest BCUT2D eigenvalue weighted by Crippen LogP contribution is -2.27. The molecule has 0 radical (unpaired) electrons. The highest BCUT2D eigenvalue weighted by Crippen LogP contribution is 2.37. The van der Waals surface area contributed by atoms with Gasteiger partial charge in [-0.15, -0.1) is 0 Å².